The zero-order valence-corrected chi connectivity index (χ0v) is 12.7. The van der Waals surface area contributed by atoms with Crippen LogP contribution in [0.2, 0.25) is 0 Å². The largest absolute Gasteiger partial charge is 0.487 e. The molecule has 0 aliphatic carbocycles. The van der Waals surface area contributed by atoms with Gasteiger partial charge < -0.3 is 10.1 Å². The molecule has 0 bridgehead atoms. The highest BCUT2D eigenvalue weighted by Gasteiger charge is 2.08. The third-order valence-corrected chi connectivity index (χ3v) is 3.15. The second-order valence-electron chi connectivity index (χ2n) is 4.34. The van der Waals surface area contributed by atoms with E-state index in [4.69, 9.17) is 4.74 Å². The van der Waals surface area contributed by atoms with Crippen molar-refractivity contribution in [2.45, 2.75) is 39.2 Å². The van der Waals surface area contributed by atoms with Gasteiger partial charge in [0.1, 0.15) is 12.4 Å². The maximum Gasteiger partial charge on any atom is 0.272 e. The molecule has 1 N–H and O–H groups in total. The van der Waals surface area contributed by atoms with Crippen LogP contribution < -0.4 is 10.1 Å². The number of alkyl halides is 2. The molecule has 0 atom stereocenters. The molecule has 0 aliphatic rings. The Kier molecular flexibility index (Phi) is 7.98. The van der Waals surface area contributed by atoms with Crippen LogP contribution in [0.15, 0.2) is 22.7 Å². The molecule has 1 aromatic carbocycles. The molecular weight excluding hydrogens is 316 g/mol. The smallest absolute Gasteiger partial charge is 0.272 e. The molecule has 0 fully saturated rings. The van der Waals surface area contributed by atoms with E-state index in [1.807, 2.05) is 6.07 Å². The van der Waals surface area contributed by atoms with Gasteiger partial charge >= 0.3 is 0 Å². The van der Waals surface area contributed by atoms with Crippen LogP contribution in [0.5, 0.6) is 5.75 Å². The van der Waals surface area contributed by atoms with Gasteiger partial charge in [-0.05, 0) is 31.2 Å². The van der Waals surface area contributed by atoms with E-state index in [0.717, 1.165) is 23.0 Å². The van der Waals surface area contributed by atoms with E-state index in [2.05, 4.69) is 28.2 Å². The fraction of sp³-hybridized carbons (Fsp3) is 0.571. The van der Waals surface area contributed by atoms with Crippen molar-refractivity contribution >= 4 is 15.9 Å². The minimum Gasteiger partial charge on any atom is -0.487 e. The van der Waals surface area contributed by atoms with Gasteiger partial charge in [0.25, 0.3) is 6.43 Å². The molecule has 108 valence electrons. The van der Waals surface area contributed by atoms with E-state index in [9.17, 15) is 8.78 Å². The lowest BCUT2D eigenvalue weighted by atomic mass is 10.2. The second-order valence-corrected chi connectivity index (χ2v) is 5.25. The molecule has 0 radical (unpaired) electrons. The highest BCUT2D eigenvalue weighted by molar-refractivity contribution is 9.10. The van der Waals surface area contributed by atoms with Crippen LogP contribution in [0.25, 0.3) is 0 Å². The van der Waals surface area contributed by atoms with Gasteiger partial charge in [0, 0.05) is 16.6 Å². The van der Waals surface area contributed by atoms with Crippen molar-refractivity contribution in [3.05, 3.63) is 28.2 Å². The summed E-state index contributed by atoms with van der Waals surface area (Å²) in [6, 6.07) is 5.41. The number of rotatable bonds is 9. The van der Waals surface area contributed by atoms with Crippen molar-refractivity contribution in [1.29, 1.82) is 0 Å². The van der Waals surface area contributed by atoms with Crippen molar-refractivity contribution in [2.24, 2.45) is 0 Å². The first-order valence-corrected chi connectivity index (χ1v) is 7.33. The van der Waals surface area contributed by atoms with Gasteiger partial charge in [0.05, 0.1) is 0 Å². The first kappa shape index (κ1) is 16.4. The summed E-state index contributed by atoms with van der Waals surface area (Å²) in [5, 5.41) is 3.30. The average Bonchev–Trinajstić information content (AvgIpc) is 2.37. The van der Waals surface area contributed by atoms with Crippen LogP contribution >= 0.6 is 15.9 Å². The van der Waals surface area contributed by atoms with Gasteiger partial charge in [0.2, 0.25) is 0 Å². The number of ether oxygens (including phenoxy) is 1. The molecule has 0 saturated heterocycles. The van der Waals surface area contributed by atoms with E-state index in [1.54, 1.807) is 12.1 Å². The lowest BCUT2D eigenvalue weighted by molar-refractivity contribution is 0.0813. The van der Waals surface area contributed by atoms with Crippen LogP contribution in [-0.2, 0) is 6.54 Å². The normalized spacial score (nSPS) is 11.0. The number of halogens is 3. The first-order chi connectivity index (χ1) is 9.13. The molecule has 2 nitrogen and oxygen atoms in total. The molecule has 0 amide bonds. The fourth-order valence-corrected chi connectivity index (χ4v) is 2.11. The predicted molar refractivity (Wildman–Crippen MR) is 76.9 cm³/mol. The Labute approximate surface area is 121 Å². The standard InChI is InChI=1S/C14H20BrF2NO/c1-2-3-4-7-18-9-11-8-12(15)5-6-13(11)19-10-14(16)17/h5-6,8,14,18H,2-4,7,9-10H2,1H3. The molecule has 5 heteroatoms. The molecule has 0 aliphatic heterocycles. The number of hydrogen-bond donors (Lipinski definition) is 1. The summed E-state index contributed by atoms with van der Waals surface area (Å²) >= 11 is 3.38. The molecule has 1 aromatic rings. The van der Waals surface area contributed by atoms with Gasteiger partial charge in [-0.15, -0.1) is 0 Å². The Morgan fingerprint density at radius 3 is 2.79 bits per heavy atom. The Balaban J connectivity index is 2.51. The zero-order valence-electron chi connectivity index (χ0n) is 11.1. The minimum atomic E-state index is -2.45. The van der Waals surface area contributed by atoms with Gasteiger partial charge in [-0.25, -0.2) is 8.78 Å². The van der Waals surface area contributed by atoms with E-state index in [0.29, 0.717) is 12.3 Å². The van der Waals surface area contributed by atoms with Crippen LogP contribution in [0.1, 0.15) is 31.7 Å². The summed E-state index contributed by atoms with van der Waals surface area (Å²) in [6.45, 7) is 3.14. The van der Waals surface area contributed by atoms with Crippen molar-refractivity contribution in [3.8, 4) is 5.75 Å². The highest BCUT2D eigenvalue weighted by Crippen LogP contribution is 2.23. The summed E-state index contributed by atoms with van der Waals surface area (Å²) in [6.07, 6.45) is 1.05. The minimum absolute atomic E-state index is 0.520. The summed E-state index contributed by atoms with van der Waals surface area (Å²) in [5.41, 5.74) is 0.895. The average molecular weight is 336 g/mol. The number of benzene rings is 1. The Morgan fingerprint density at radius 1 is 1.32 bits per heavy atom. The maximum absolute atomic E-state index is 12.2. The topological polar surface area (TPSA) is 21.3 Å². The lowest BCUT2D eigenvalue weighted by Gasteiger charge is -2.12. The summed E-state index contributed by atoms with van der Waals surface area (Å²) in [4.78, 5) is 0. The lowest BCUT2D eigenvalue weighted by Crippen LogP contribution is -2.16. The van der Waals surface area contributed by atoms with Crippen LogP contribution in [0.4, 0.5) is 8.78 Å². The summed E-state index contributed by atoms with van der Waals surface area (Å²) in [7, 11) is 0. The molecule has 0 aromatic heterocycles. The zero-order chi connectivity index (χ0) is 14.1. The van der Waals surface area contributed by atoms with Crippen LogP contribution in [-0.4, -0.2) is 19.6 Å². The van der Waals surface area contributed by atoms with E-state index < -0.39 is 13.0 Å². The fourth-order valence-electron chi connectivity index (χ4n) is 1.70. The van der Waals surface area contributed by atoms with E-state index in [1.165, 1.54) is 12.8 Å². The SMILES string of the molecule is CCCCCNCc1cc(Br)ccc1OCC(F)F. The third-order valence-electron chi connectivity index (χ3n) is 2.66. The highest BCUT2D eigenvalue weighted by atomic mass is 79.9. The summed E-state index contributed by atoms with van der Waals surface area (Å²) in [5.74, 6) is 0.520. The predicted octanol–water partition coefficient (Wildman–Crippen LogP) is 4.37. The maximum atomic E-state index is 12.2. The van der Waals surface area contributed by atoms with Crippen molar-refractivity contribution < 1.29 is 13.5 Å². The van der Waals surface area contributed by atoms with Crippen molar-refractivity contribution in [3.63, 3.8) is 0 Å². The number of nitrogens with one attached hydrogen (secondary N) is 1. The van der Waals surface area contributed by atoms with Gasteiger partial charge in [-0.3, -0.25) is 0 Å². The van der Waals surface area contributed by atoms with Crippen LogP contribution in [0, 0.1) is 0 Å². The van der Waals surface area contributed by atoms with E-state index in [-0.39, 0.29) is 0 Å². The Hall–Kier alpha value is -0.680. The molecule has 19 heavy (non-hydrogen) atoms. The molecule has 1 rings (SSSR count). The Bertz CT molecular complexity index is 374. The molecule has 0 heterocycles. The van der Waals surface area contributed by atoms with Crippen LogP contribution in [0.3, 0.4) is 0 Å². The number of unbranched alkanes of at least 4 members (excludes halogenated alkanes) is 2. The quantitative estimate of drug-likeness (QED) is 0.676. The summed E-state index contributed by atoms with van der Waals surface area (Å²) < 4.78 is 30.4. The van der Waals surface area contributed by atoms with Crippen molar-refractivity contribution in [1.82, 2.24) is 5.32 Å². The first-order valence-electron chi connectivity index (χ1n) is 6.53. The van der Waals surface area contributed by atoms with Gasteiger partial charge in [-0.1, -0.05) is 35.7 Å². The molecule has 0 saturated carbocycles. The molecule has 0 spiro atoms. The third kappa shape index (κ3) is 6.87. The van der Waals surface area contributed by atoms with Gasteiger partial charge in [-0.2, -0.15) is 0 Å². The second kappa shape index (κ2) is 9.26. The number of hydrogen-bond acceptors (Lipinski definition) is 2. The van der Waals surface area contributed by atoms with Crippen molar-refractivity contribution in [2.75, 3.05) is 13.2 Å². The molecular formula is C14H20BrF2NO. The van der Waals surface area contributed by atoms with Gasteiger partial charge in [0.15, 0.2) is 0 Å². The Morgan fingerprint density at radius 2 is 2.11 bits per heavy atom. The monoisotopic (exact) mass is 335 g/mol. The molecule has 0 unspecified atom stereocenters. The van der Waals surface area contributed by atoms with E-state index >= 15 is 0 Å².